The normalized spacial score (nSPS) is 8.17. The summed E-state index contributed by atoms with van der Waals surface area (Å²) in [6, 6.07) is 4.93. The molecule has 0 saturated carbocycles. The van der Waals surface area contributed by atoms with Crippen molar-refractivity contribution in [3.05, 3.63) is 28.2 Å². The number of rotatable bonds is 1. The summed E-state index contributed by atoms with van der Waals surface area (Å²) in [5.41, 5.74) is 0.536. The van der Waals surface area contributed by atoms with Gasteiger partial charge in [-0.2, -0.15) is 0 Å². The van der Waals surface area contributed by atoms with Crippen LogP contribution in [0.25, 0.3) is 0 Å². The van der Waals surface area contributed by atoms with Crippen molar-refractivity contribution in [2.45, 2.75) is 6.61 Å². The molecule has 0 aliphatic heterocycles. The Morgan fingerprint density at radius 3 is 2.25 bits per heavy atom. The van der Waals surface area contributed by atoms with Crippen molar-refractivity contribution in [2.75, 3.05) is 0 Å². The molecule has 0 aliphatic carbocycles. The van der Waals surface area contributed by atoms with Crippen molar-refractivity contribution in [2.24, 2.45) is 0 Å². The van der Waals surface area contributed by atoms with Gasteiger partial charge in [0.05, 0.1) is 6.61 Å². The zero-order valence-corrected chi connectivity index (χ0v) is 6.80. The van der Waals surface area contributed by atoms with Gasteiger partial charge in [0.1, 0.15) is 5.75 Å². The Labute approximate surface area is 124 Å². The number of hydrogen-bond acceptors (Lipinski definition) is 2. The molecule has 0 atom stereocenters. The Balaban J connectivity index is 0. The van der Waals surface area contributed by atoms with Crippen LogP contribution in [0.5, 0.6) is 5.75 Å². The molecular weight excluding hydrogens is 242 g/mol. The molecule has 2 nitrogen and oxygen atoms in total. The Kier molecular flexibility index (Phi) is 10.4. The van der Waals surface area contributed by atoms with Gasteiger partial charge in [-0.15, -0.1) is 0 Å². The van der Waals surface area contributed by atoms with E-state index in [-0.39, 0.29) is 71.5 Å². The molecule has 2 N–H and O–H groups in total. The molecule has 1 aromatic carbocycles. The van der Waals surface area contributed by atoms with E-state index in [1.54, 1.807) is 12.1 Å². The number of aliphatic hydroxyl groups excluding tert-OH is 1. The summed E-state index contributed by atoms with van der Waals surface area (Å²) in [6.07, 6.45) is 0. The van der Waals surface area contributed by atoms with E-state index in [9.17, 15) is 0 Å². The molecule has 0 fully saturated rings. The summed E-state index contributed by atoms with van der Waals surface area (Å²) >= 11 is 3.21. The summed E-state index contributed by atoms with van der Waals surface area (Å²) in [4.78, 5) is 0. The predicted molar refractivity (Wildman–Crippen MR) is 56.0 cm³/mol. The fourth-order valence-electron chi connectivity index (χ4n) is 0.681. The Bertz CT molecular complexity index is 243. The molecule has 5 heteroatoms. The molecule has 58 valence electrons. The van der Waals surface area contributed by atoms with Gasteiger partial charge >= 0.3 is 59.1 Å². The molecule has 0 radical (unpaired) electrons. The molecule has 0 aromatic heterocycles. The number of phenols is 1. The first-order chi connectivity index (χ1) is 4.74. The second-order valence-electron chi connectivity index (χ2n) is 1.93. The maximum atomic E-state index is 9.05. The fourth-order valence-corrected chi connectivity index (χ4v) is 1.09. The number of hydrogen-bond donors (Lipinski definition) is 2. The number of benzene rings is 1. The van der Waals surface area contributed by atoms with E-state index in [4.69, 9.17) is 10.2 Å². The molecule has 0 unspecified atom stereocenters. The third-order valence-corrected chi connectivity index (χ3v) is 1.71. The van der Waals surface area contributed by atoms with Gasteiger partial charge in [-0.1, -0.05) is 15.9 Å². The van der Waals surface area contributed by atoms with Gasteiger partial charge < -0.3 is 10.2 Å². The molecule has 0 bridgehead atoms. The van der Waals surface area contributed by atoms with Crippen LogP contribution in [-0.2, 0) is 6.61 Å². The van der Waals surface area contributed by atoms with E-state index < -0.39 is 0 Å². The van der Waals surface area contributed by atoms with E-state index in [1.807, 2.05) is 0 Å². The van der Waals surface area contributed by atoms with Crippen molar-refractivity contribution in [1.82, 2.24) is 0 Å². The van der Waals surface area contributed by atoms with Crippen molar-refractivity contribution >= 4 is 75.0 Å². The molecule has 1 aromatic rings. The van der Waals surface area contributed by atoms with Gasteiger partial charge in [0.25, 0.3) is 0 Å². The van der Waals surface area contributed by atoms with Gasteiger partial charge in [0, 0.05) is 10.0 Å². The van der Waals surface area contributed by atoms with Crippen LogP contribution < -0.4 is 0 Å². The van der Waals surface area contributed by atoms with Crippen molar-refractivity contribution < 1.29 is 10.2 Å². The van der Waals surface area contributed by atoms with Crippen LogP contribution in [-0.4, -0.2) is 69.3 Å². The van der Waals surface area contributed by atoms with Crippen molar-refractivity contribution in [3.8, 4) is 5.75 Å². The quantitative estimate of drug-likeness (QED) is 0.707. The Morgan fingerprint density at radius 1 is 1.25 bits per heavy atom. The average molecular weight is 251 g/mol. The van der Waals surface area contributed by atoms with E-state index in [0.717, 1.165) is 4.47 Å². The number of aromatic hydroxyl groups is 1. The third kappa shape index (κ3) is 4.63. The number of halogens is 1. The summed E-state index contributed by atoms with van der Waals surface area (Å²) in [5, 5.41) is 17.7. The van der Waals surface area contributed by atoms with Gasteiger partial charge in [0.15, 0.2) is 0 Å². The third-order valence-electron chi connectivity index (χ3n) is 1.21. The Hall–Kier alpha value is 1.46. The standard InChI is InChI=1S/C7H7BrO2.2Na.2H/c8-6-1-2-7(10)5(3-6)4-9;;;;/h1-3,9-10H,4H2;;;;. The molecular formula is C7H9BrNa2O2. The van der Waals surface area contributed by atoms with Crippen LogP contribution in [0.1, 0.15) is 5.56 Å². The van der Waals surface area contributed by atoms with E-state index >= 15 is 0 Å². The monoisotopic (exact) mass is 250 g/mol. The average Bonchev–Trinajstić information content (AvgIpc) is 1.94. The second-order valence-corrected chi connectivity index (χ2v) is 2.85. The molecule has 0 amide bonds. The van der Waals surface area contributed by atoms with Crippen molar-refractivity contribution in [1.29, 1.82) is 0 Å². The van der Waals surface area contributed by atoms with Gasteiger partial charge in [-0.25, -0.2) is 0 Å². The van der Waals surface area contributed by atoms with Gasteiger partial charge in [-0.05, 0) is 18.2 Å². The second kappa shape index (κ2) is 7.83. The molecule has 0 heterocycles. The zero-order chi connectivity index (χ0) is 7.56. The van der Waals surface area contributed by atoms with E-state index in [1.165, 1.54) is 6.07 Å². The minimum absolute atomic E-state index is 0. The van der Waals surface area contributed by atoms with E-state index in [0.29, 0.717) is 5.56 Å². The first-order valence-electron chi connectivity index (χ1n) is 2.82. The molecule has 0 spiro atoms. The Morgan fingerprint density at radius 2 is 1.83 bits per heavy atom. The first-order valence-corrected chi connectivity index (χ1v) is 3.61. The van der Waals surface area contributed by atoms with Crippen LogP contribution in [0.2, 0.25) is 0 Å². The summed E-state index contributed by atoms with van der Waals surface area (Å²) in [5.74, 6) is 0.130. The molecule has 0 aliphatic rings. The first kappa shape index (κ1) is 15.9. The summed E-state index contributed by atoms with van der Waals surface area (Å²) < 4.78 is 0.856. The fraction of sp³-hybridized carbons (Fsp3) is 0.143. The topological polar surface area (TPSA) is 40.5 Å². The maximum absolute atomic E-state index is 9.05. The molecule has 1 rings (SSSR count). The van der Waals surface area contributed by atoms with Crippen LogP contribution in [0.3, 0.4) is 0 Å². The minimum atomic E-state index is -0.134. The number of aliphatic hydroxyl groups is 1. The van der Waals surface area contributed by atoms with Crippen LogP contribution in [0.4, 0.5) is 0 Å². The molecule has 0 saturated heterocycles. The van der Waals surface area contributed by atoms with Crippen LogP contribution >= 0.6 is 15.9 Å². The van der Waals surface area contributed by atoms with Gasteiger partial charge in [-0.3, -0.25) is 0 Å². The summed E-state index contributed by atoms with van der Waals surface area (Å²) in [6.45, 7) is -0.134. The van der Waals surface area contributed by atoms with Crippen LogP contribution in [0.15, 0.2) is 22.7 Å². The predicted octanol–water partition coefficient (Wildman–Crippen LogP) is 0.350. The SMILES string of the molecule is OCc1cc(Br)ccc1O.[NaH].[NaH]. The zero-order valence-electron chi connectivity index (χ0n) is 5.21. The summed E-state index contributed by atoms with van der Waals surface area (Å²) in [7, 11) is 0. The van der Waals surface area contributed by atoms with Gasteiger partial charge in [0.2, 0.25) is 0 Å². The molecule has 12 heavy (non-hydrogen) atoms. The van der Waals surface area contributed by atoms with Crippen LogP contribution in [0, 0.1) is 0 Å². The van der Waals surface area contributed by atoms with Crippen molar-refractivity contribution in [3.63, 3.8) is 0 Å². The van der Waals surface area contributed by atoms with E-state index in [2.05, 4.69) is 15.9 Å².